The minimum absolute atomic E-state index is 0.0793. The largest absolute Gasteiger partial charge is 0.368 e. The number of H-pyrrole nitrogens is 1. The predicted octanol–water partition coefficient (Wildman–Crippen LogP) is 0.795. The molecule has 8 heteroatoms. The third-order valence-corrected chi connectivity index (χ3v) is 3.77. The molecule has 116 valence electrons. The minimum Gasteiger partial charge on any atom is -0.368 e. The molecule has 0 aliphatic heterocycles. The molecule has 0 unspecified atom stereocenters. The number of aromatic nitrogens is 3. The number of nitrogen functional groups attached to an aromatic ring is 1. The van der Waals surface area contributed by atoms with Gasteiger partial charge in [-0.3, -0.25) is 9.59 Å². The molecule has 22 heavy (non-hydrogen) atoms. The van der Waals surface area contributed by atoms with Crippen molar-refractivity contribution in [2.45, 2.75) is 24.5 Å². The molecule has 1 aromatic carbocycles. The van der Waals surface area contributed by atoms with E-state index < -0.39 is 6.04 Å². The van der Waals surface area contributed by atoms with Crippen LogP contribution in [0.3, 0.4) is 0 Å². The Hall–Kier alpha value is -2.35. The second-order valence-corrected chi connectivity index (χ2v) is 5.65. The van der Waals surface area contributed by atoms with Crippen LogP contribution in [0.1, 0.15) is 12.5 Å². The standard InChI is InChI=1S/C14H17N5O2S/c1-9(20)11(7-10-5-3-2-4-6-10)16-12(21)8-22-14-17-13(15)18-19-14/h2-6,11H,7-8H2,1H3,(H,16,21)(H3,15,17,18,19)/t11-/m1/s1. The fourth-order valence-corrected chi connectivity index (χ4v) is 2.45. The average Bonchev–Trinajstić information content (AvgIpc) is 2.91. The van der Waals surface area contributed by atoms with Gasteiger partial charge in [-0.05, 0) is 18.9 Å². The highest BCUT2D eigenvalue weighted by molar-refractivity contribution is 7.99. The summed E-state index contributed by atoms with van der Waals surface area (Å²) >= 11 is 1.15. The molecule has 4 N–H and O–H groups in total. The van der Waals surface area contributed by atoms with E-state index >= 15 is 0 Å². The van der Waals surface area contributed by atoms with Crippen molar-refractivity contribution < 1.29 is 9.59 Å². The van der Waals surface area contributed by atoms with Crippen LogP contribution in [0.4, 0.5) is 5.95 Å². The van der Waals surface area contributed by atoms with Gasteiger partial charge in [0.25, 0.3) is 0 Å². The summed E-state index contributed by atoms with van der Waals surface area (Å²) in [7, 11) is 0. The van der Waals surface area contributed by atoms with Crippen LogP contribution >= 0.6 is 11.8 Å². The Labute approximate surface area is 132 Å². The molecule has 1 aromatic heterocycles. The topological polar surface area (TPSA) is 114 Å². The summed E-state index contributed by atoms with van der Waals surface area (Å²) in [5, 5.41) is 9.45. The summed E-state index contributed by atoms with van der Waals surface area (Å²) in [5.41, 5.74) is 6.40. The first-order valence-electron chi connectivity index (χ1n) is 6.69. The van der Waals surface area contributed by atoms with Gasteiger partial charge in [-0.25, -0.2) is 5.10 Å². The van der Waals surface area contributed by atoms with Crippen LogP contribution in [0.5, 0.6) is 0 Å². The van der Waals surface area contributed by atoms with Gasteiger partial charge in [-0.2, -0.15) is 4.98 Å². The molecule has 0 saturated heterocycles. The molecule has 1 atom stereocenters. The fourth-order valence-electron chi connectivity index (χ4n) is 1.83. The lowest BCUT2D eigenvalue weighted by Crippen LogP contribution is -2.42. The van der Waals surface area contributed by atoms with Crippen LogP contribution in [0.15, 0.2) is 35.5 Å². The third-order valence-electron chi connectivity index (χ3n) is 2.92. The third kappa shape index (κ3) is 4.88. The van der Waals surface area contributed by atoms with Gasteiger partial charge in [0.2, 0.25) is 17.0 Å². The highest BCUT2D eigenvalue weighted by atomic mass is 32.2. The normalized spacial score (nSPS) is 11.9. The lowest BCUT2D eigenvalue weighted by Gasteiger charge is -2.15. The van der Waals surface area contributed by atoms with Crippen LogP contribution in [-0.2, 0) is 16.0 Å². The highest BCUT2D eigenvalue weighted by Crippen LogP contribution is 2.12. The van der Waals surface area contributed by atoms with Gasteiger partial charge in [-0.15, -0.1) is 5.10 Å². The molecule has 0 spiro atoms. The van der Waals surface area contributed by atoms with E-state index in [2.05, 4.69) is 20.5 Å². The maximum absolute atomic E-state index is 11.9. The molecule has 7 nitrogen and oxygen atoms in total. The number of carbonyl (C=O) groups excluding carboxylic acids is 2. The molecule has 1 heterocycles. The molecular formula is C14H17N5O2S. The Bertz CT molecular complexity index is 644. The number of nitrogens with zero attached hydrogens (tertiary/aromatic N) is 2. The van der Waals surface area contributed by atoms with Gasteiger partial charge >= 0.3 is 0 Å². The number of aromatic amines is 1. The molecule has 1 amide bonds. The van der Waals surface area contributed by atoms with E-state index in [0.717, 1.165) is 17.3 Å². The van der Waals surface area contributed by atoms with Gasteiger partial charge in [0, 0.05) is 0 Å². The Morgan fingerprint density at radius 1 is 1.36 bits per heavy atom. The Morgan fingerprint density at radius 2 is 2.09 bits per heavy atom. The van der Waals surface area contributed by atoms with Crippen molar-refractivity contribution in [1.82, 2.24) is 20.5 Å². The van der Waals surface area contributed by atoms with Crippen LogP contribution in [-0.4, -0.2) is 38.7 Å². The van der Waals surface area contributed by atoms with Crippen LogP contribution < -0.4 is 11.1 Å². The number of benzene rings is 1. The van der Waals surface area contributed by atoms with Crippen molar-refractivity contribution in [2.75, 3.05) is 11.5 Å². The zero-order valence-electron chi connectivity index (χ0n) is 12.1. The lowest BCUT2D eigenvalue weighted by atomic mass is 10.0. The summed E-state index contributed by atoms with van der Waals surface area (Å²) in [5.74, 6) is -0.00184. The monoisotopic (exact) mass is 319 g/mol. The maximum atomic E-state index is 11.9. The number of amides is 1. The number of carbonyl (C=O) groups is 2. The molecule has 0 radical (unpaired) electrons. The van der Waals surface area contributed by atoms with Crippen molar-refractivity contribution in [3.8, 4) is 0 Å². The summed E-state index contributed by atoms with van der Waals surface area (Å²) in [6.45, 7) is 1.47. The van der Waals surface area contributed by atoms with Crippen molar-refractivity contribution >= 4 is 29.4 Å². The number of nitrogens with one attached hydrogen (secondary N) is 2. The quantitative estimate of drug-likeness (QED) is 0.650. The van der Waals surface area contributed by atoms with Crippen LogP contribution in [0, 0.1) is 0 Å². The van der Waals surface area contributed by atoms with E-state index in [1.54, 1.807) is 0 Å². The van der Waals surface area contributed by atoms with Gasteiger partial charge in [0.05, 0.1) is 11.8 Å². The predicted molar refractivity (Wildman–Crippen MR) is 84.3 cm³/mol. The van der Waals surface area contributed by atoms with Crippen LogP contribution in [0.2, 0.25) is 0 Å². The Kier molecular flexibility index (Phi) is 5.54. The molecule has 0 fully saturated rings. The van der Waals surface area contributed by atoms with Crippen molar-refractivity contribution in [2.24, 2.45) is 0 Å². The molecule has 2 rings (SSSR count). The molecule has 0 saturated carbocycles. The van der Waals surface area contributed by atoms with E-state index in [4.69, 9.17) is 5.73 Å². The Morgan fingerprint density at radius 3 is 2.68 bits per heavy atom. The molecule has 0 bridgehead atoms. The summed E-state index contributed by atoms with van der Waals surface area (Å²) in [6.07, 6.45) is 0.472. The SMILES string of the molecule is CC(=O)[C@@H](Cc1ccccc1)NC(=O)CSc1n[nH]c(N)n1. The van der Waals surface area contributed by atoms with Gasteiger partial charge in [0.15, 0.2) is 5.78 Å². The second kappa shape index (κ2) is 7.60. The van der Waals surface area contributed by atoms with E-state index in [1.165, 1.54) is 6.92 Å². The van der Waals surface area contributed by atoms with Crippen molar-refractivity contribution in [3.63, 3.8) is 0 Å². The molecular weight excluding hydrogens is 302 g/mol. The van der Waals surface area contributed by atoms with Gasteiger partial charge < -0.3 is 11.1 Å². The van der Waals surface area contributed by atoms with E-state index in [9.17, 15) is 9.59 Å². The number of ketones is 1. The zero-order chi connectivity index (χ0) is 15.9. The lowest BCUT2D eigenvalue weighted by molar-refractivity contribution is -0.125. The zero-order valence-corrected chi connectivity index (χ0v) is 12.9. The smallest absolute Gasteiger partial charge is 0.231 e. The first kappa shape index (κ1) is 16.0. The van der Waals surface area contributed by atoms with Crippen LogP contribution in [0.25, 0.3) is 0 Å². The first-order chi connectivity index (χ1) is 10.5. The van der Waals surface area contributed by atoms with Crippen molar-refractivity contribution in [1.29, 1.82) is 0 Å². The highest BCUT2D eigenvalue weighted by Gasteiger charge is 2.18. The first-order valence-corrected chi connectivity index (χ1v) is 7.67. The number of thioether (sulfide) groups is 1. The number of Topliss-reactive ketones (excluding diaryl/α,β-unsaturated/α-hetero) is 1. The molecule has 0 aliphatic carbocycles. The van der Waals surface area contributed by atoms with Crippen molar-refractivity contribution in [3.05, 3.63) is 35.9 Å². The second-order valence-electron chi connectivity index (χ2n) is 4.71. The summed E-state index contributed by atoms with van der Waals surface area (Å²) in [6, 6.07) is 9.02. The fraction of sp³-hybridized carbons (Fsp3) is 0.286. The number of hydrogen-bond donors (Lipinski definition) is 3. The maximum Gasteiger partial charge on any atom is 0.231 e. The minimum atomic E-state index is -0.535. The number of nitrogens with two attached hydrogens (primary N) is 1. The van der Waals surface area contributed by atoms with E-state index in [1.807, 2.05) is 30.3 Å². The number of anilines is 1. The molecule has 0 aliphatic rings. The molecule has 2 aromatic rings. The van der Waals surface area contributed by atoms with Gasteiger partial charge in [-0.1, -0.05) is 42.1 Å². The Balaban J connectivity index is 1.87. The summed E-state index contributed by atoms with van der Waals surface area (Å²) < 4.78 is 0. The van der Waals surface area contributed by atoms with E-state index in [0.29, 0.717) is 11.6 Å². The number of hydrogen-bond acceptors (Lipinski definition) is 6. The van der Waals surface area contributed by atoms with E-state index in [-0.39, 0.29) is 23.4 Å². The average molecular weight is 319 g/mol. The van der Waals surface area contributed by atoms with Gasteiger partial charge in [0.1, 0.15) is 0 Å². The number of rotatable bonds is 7. The summed E-state index contributed by atoms with van der Waals surface area (Å²) in [4.78, 5) is 27.5.